The number of fused-ring (bicyclic) bond motifs is 2. The van der Waals surface area contributed by atoms with Crippen molar-refractivity contribution >= 4 is 55.6 Å². The van der Waals surface area contributed by atoms with Gasteiger partial charge in [-0.2, -0.15) is 0 Å². The second-order valence-corrected chi connectivity index (χ2v) is 10.9. The minimum atomic E-state index is 0.00507. The van der Waals surface area contributed by atoms with Crippen LogP contribution in [0.3, 0.4) is 0 Å². The third-order valence-electron chi connectivity index (χ3n) is 6.96. The number of carbonyl (C=O) groups excluding carboxylic acids is 1. The molecule has 0 unspecified atom stereocenters. The van der Waals surface area contributed by atoms with Crippen molar-refractivity contribution in [2.24, 2.45) is 0 Å². The van der Waals surface area contributed by atoms with Gasteiger partial charge in [-0.3, -0.25) is 4.90 Å². The molecular formula is C28H35N7OS. The van der Waals surface area contributed by atoms with Crippen molar-refractivity contribution in [2.45, 2.75) is 46.2 Å². The van der Waals surface area contributed by atoms with E-state index in [1.807, 2.05) is 34.8 Å². The van der Waals surface area contributed by atoms with E-state index >= 15 is 0 Å². The van der Waals surface area contributed by atoms with Gasteiger partial charge in [-0.05, 0) is 70.0 Å². The molecule has 2 amide bonds. The van der Waals surface area contributed by atoms with Gasteiger partial charge in [0.25, 0.3) is 0 Å². The first-order chi connectivity index (χ1) is 17.9. The average molecular weight is 518 g/mol. The number of H-pyrrole nitrogens is 1. The highest BCUT2D eigenvalue weighted by Crippen LogP contribution is 2.31. The van der Waals surface area contributed by atoms with Gasteiger partial charge >= 0.3 is 6.03 Å². The monoisotopic (exact) mass is 517 g/mol. The van der Waals surface area contributed by atoms with Crippen molar-refractivity contribution in [1.29, 1.82) is 0 Å². The molecule has 9 heteroatoms. The van der Waals surface area contributed by atoms with Crippen LogP contribution in [0.2, 0.25) is 0 Å². The fourth-order valence-corrected chi connectivity index (χ4v) is 5.73. The standard InChI is InChI=1S/C28H35N7OS/c1-18(2)35(19(3)4)14-11-30-28(36)34-12-8-20(9-13-34)25-16-22-23(7-10-29-27(22)33-25)32-21-5-6-24-26(15-21)37-17-31-24/h5-8,10,15-19H,9,11-14H2,1-4H3,(H,30,36)(H2,29,32,33). The molecule has 4 aromatic rings. The van der Waals surface area contributed by atoms with E-state index in [0.717, 1.165) is 51.3 Å². The van der Waals surface area contributed by atoms with Gasteiger partial charge in [-0.1, -0.05) is 6.08 Å². The highest BCUT2D eigenvalue weighted by atomic mass is 32.1. The summed E-state index contributed by atoms with van der Waals surface area (Å²) in [5.41, 5.74) is 8.03. The van der Waals surface area contributed by atoms with Crippen LogP contribution >= 0.6 is 11.3 Å². The van der Waals surface area contributed by atoms with Crippen molar-refractivity contribution in [2.75, 3.05) is 31.5 Å². The summed E-state index contributed by atoms with van der Waals surface area (Å²) in [6.45, 7) is 11.6. The normalized spacial score (nSPS) is 14.2. The number of nitrogens with zero attached hydrogens (tertiary/aromatic N) is 4. The van der Waals surface area contributed by atoms with E-state index < -0.39 is 0 Å². The van der Waals surface area contributed by atoms with Crippen LogP contribution in [0.1, 0.15) is 39.8 Å². The number of amides is 2. The maximum absolute atomic E-state index is 12.7. The number of carbonyl (C=O) groups is 1. The molecule has 0 aliphatic carbocycles. The second-order valence-electron chi connectivity index (χ2n) is 10.0. The quantitative estimate of drug-likeness (QED) is 0.273. The van der Waals surface area contributed by atoms with Gasteiger partial charge in [-0.25, -0.2) is 14.8 Å². The molecule has 5 rings (SSSR count). The number of pyridine rings is 1. The summed E-state index contributed by atoms with van der Waals surface area (Å²) in [6, 6.07) is 11.3. The van der Waals surface area contributed by atoms with E-state index in [0.29, 0.717) is 31.7 Å². The first-order valence-corrected chi connectivity index (χ1v) is 13.8. The molecule has 0 bridgehead atoms. The van der Waals surface area contributed by atoms with Crippen LogP contribution in [0, 0.1) is 0 Å². The molecule has 0 saturated heterocycles. The zero-order valence-corrected chi connectivity index (χ0v) is 22.7. The third-order valence-corrected chi connectivity index (χ3v) is 7.75. The zero-order chi connectivity index (χ0) is 25.9. The summed E-state index contributed by atoms with van der Waals surface area (Å²) < 4.78 is 1.16. The van der Waals surface area contributed by atoms with Crippen LogP contribution in [0.25, 0.3) is 26.8 Å². The summed E-state index contributed by atoms with van der Waals surface area (Å²) in [5.74, 6) is 0. The maximum Gasteiger partial charge on any atom is 0.317 e. The Hall–Kier alpha value is -3.43. The van der Waals surface area contributed by atoms with E-state index in [1.165, 1.54) is 5.57 Å². The second kappa shape index (κ2) is 10.9. The Bertz CT molecular complexity index is 1410. The lowest BCUT2D eigenvalue weighted by Crippen LogP contribution is -2.46. The fourth-order valence-electron chi connectivity index (χ4n) is 5.01. The van der Waals surface area contributed by atoms with Crippen LogP contribution in [0.5, 0.6) is 0 Å². The zero-order valence-electron chi connectivity index (χ0n) is 21.9. The summed E-state index contributed by atoms with van der Waals surface area (Å²) in [4.78, 5) is 29.4. The maximum atomic E-state index is 12.7. The minimum Gasteiger partial charge on any atom is -0.355 e. The predicted molar refractivity (Wildman–Crippen MR) is 154 cm³/mol. The molecule has 1 aliphatic rings. The van der Waals surface area contributed by atoms with E-state index in [1.54, 1.807) is 11.3 Å². The SMILES string of the molecule is CC(C)N(CCNC(=O)N1CC=C(c2cc3c(Nc4ccc5ncsc5c4)ccnc3[nH]2)CC1)C(C)C. The Morgan fingerprint density at radius 2 is 2.00 bits per heavy atom. The molecule has 8 nitrogen and oxygen atoms in total. The van der Waals surface area contributed by atoms with Crippen molar-refractivity contribution in [3.05, 3.63) is 53.8 Å². The van der Waals surface area contributed by atoms with Gasteiger partial charge in [0.2, 0.25) is 0 Å². The number of anilines is 2. The molecular weight excluding hydrogens is 482 g/mol. The van der Waals surface area contributed by atoms with Crippen molar-refractivity contribution in [3.8, 4) is 0 Å². The van der Waals surface area contributed by atoms with Crippen molar-refractivity contribution < 1.29 is 4.79 Å². The Labute approximate surface area is 221 Å². The van der Waals surface area contributed by atoms with E-state index in [2.05, 4.69) is 76.4 Å². The lowest BCUT2D eigenvalue weighted by molar-refractivity contribution is 0.170. The minimum absolute atomic E-state index is 0.00507. The molecule has 194 valence electrons. The number of urea groups is 1. The number of benzene rings is 1. The number of aromatic amines is 1. The molecule has 3 N–H and O–H groups in total. The average Bonchev–Trinajstić information content (AvgIpc) is 3.53. The Morgan fingerprint density at radius 1 is 1.16 bits per heavy atom. The number of rotatable bonds is 8. The van der Waals surface area contributed by atoms with Crippen LogP contribution < -0.4 is 10.6 Å². The Balaban J connectivity index is 1.23. The Morgan fingerprint density at radius 3 is 2.76 bits per heavy atom. The first-order valence-electron chi connectivity index (χ1n) is 12.9. The predicted octanol–water partition coefficient (Wildman–Crippen LogP) is 5.83. The van der Waals surface area contributed by atoms with Crippen LogP contribution in [0.4, 0.5) is 16.2 Å². The number of hydrogen-bond acceptors (Lipinski definition) is 6. The van der Waals surface area contributed by atoms with Gasteiger partial charge < -0.3 is 20.5 Å². The Kier molecular flexibility index (Phi) is 7.43. The molecule has 1 aliphatic heterocycles. The van der Waals surface area contributed by atoms with E-state index in [9.17, 15) is 4.79 Å². The lowest BCUT2D eigenvalue weighted by Gasteiger charge is -2.31. The number of nitrogens with one attached hydrogen (secondary N) is 3. The molecule has 0 atom stereocenters. The number of aromatic nitrogens is 3. The molecule has 1 aromatic carbocycles. The van der Waals surface area contributed by atoms with Crippen molar-refractivity contribution in [3.63, 3.8) is 0 Å². The van der Waals surface area contributed by atoms with Gasteiger partial charge in [0, 0.05) is 61.2 Å². The van der Waals surface area contributed by atoms with Crippen LogP contribution in [-0.4, -0.2) is 69.0 Å². The summed E-state index contributed by atoms with van der Waals surface area (Å²) in [5, 5.41) is 7.68. The van der Waals surface area contributed by atoms with Gasteiger partial charge in [0.15, 0.2) is 0 Å². The van der Waals surface area contributed by atoms with Crippen LogP contribution in [-0.2, 0) is 0 Å². The highest BCUT2D eigenvalue weighted by Gasteiger charge is 2.20. The third kappa shape index (κ3) is 5.62. The van der Waals surface area contributed by atoms with Gasteiger partial charge in [0.05, 0.1) is 21.4 Å². The molecule has 0 radical (unpaired) electrons. The molecule has 4 heterocycles. The molecule has 0 saturated carbocycles. The van der Waals surface area contributed by atoms with E-state index in [4.69, 9.17) is 0 Å². The summed E-state index contributed by atoms with van der Waals surface area (Å²) in [7, 11) is 0. The smallest absolute Gasteiger partial charge is 0.317 e. The van der Waals surface area contributed by atoms with Crippen molar-refractivity contribution in [1.82, 2.24) is 30.1 Å². The molecule has 37 heavy (non-hydrogen) atoms. The number of thiazole rings is 1. The highest BCUT2D eigenvalue weighted by molar-refractivity contribution is 7.16. The van der Waals surface area contributed by atoms with E-state index in [-0.39, 0.29) is 6.03 Å². The fraction of sp³-hybridized carbons (Fsp3) is 0.393. The summed E-state index contributed by atoms with van der Waals surface area (Å²) in [6.07, 6.45) is 4.76. The molecule has 0 fully saturated rings. The topological polar surface area (TPSA) is 89.2 Å². The first kappa shape index (κ1) is 25.2. The molecule has 0 spiro atoms. The van der Waals surface area contributed by atoms with Gasteiger partial charge in [-0.15, -0.1) is 11.3 Å². The molecule has 3 aromatic heterocycles. The number of hydrogen-bond donors (Lipinski definition) is 3. The van der Waals surface area contributed by atoms with Crippen LogP contribution in [0.15, 0.2) is 48.1 Å². The lowest BCUT2D eigenvalue weighted by atomic mass is 10.0. The summed E-state index contributed by atoms with van der Waals surface area (Å²) >= 11 is 1.64. The largest absolute Gasteiger partial charge is 0.355 e. The van der Waals surface area contributed by atoms with Gasteiger partial charge in [0.1, 0.15) is 5.65 Å².